The Morgan fingerprint density at radius 1 is 0.978 bits per heavy atom. The normalized spacial score (nSPS) is 21.0. The number of amides is 1. The molecule has 0 radical (unpaired) electrons. The molecule has 2 aromatic carbocycles. The number of nitrogens with zero attached hydrogens (tertiary/aromatic N) is 2. The van der Waals surface area contributed by atoms with E-state index in [0.717, 1.165) is 60.7 Å². The summed E-state index contributed by atoms with van der Waals surface area (Å²) in [5.74, 6) is 1.30. The van der Waals surface area contributed by atoms with E-state index in [4.69, 9.17) is 34.2 Å². The SMILES string of the molecule is COCCCCOc1ccc([C@@H]2[C@@H](OCc3ccc4c(c3)N(CCCOC)CCO4)CN(C(=O)[C@H](C)N)C[C@H]2OC[C@@H](C)O)cc1. The number of aliphatic hydroxyl groups excluding tert-OH is 1. The standard InChI is InChI=1S/C35H53N3O8/c1-25(39)23-45-32-21-38(35(40)26(2)36)22-33(34(32)28-9-11-29(12-10-28)43-18-6-5-16-41-3)46-24-27-8-13-31-30(20-27)37(15-19-44-31)14-7-17-42-4/h8-13,20,25-26,32-34,39H,5-7,14-19,21-24,36H2,1-4H3/t25-,26+,32-,33+,34+/m1/s1. The fraction of sp³-hybridized carbons (Fsp3) is 0.629. The summed E-state index contributed by atoms with van der Waals surface area (Å²) in [4.78, 5) is 17.2. The molecule has 0 saturated carbocycles. The maximum Gasteiger partial charge on any atom is 0.239 e. The summed E-state index contributed by atoms with van der Waals surface area (Å²) < 4.78 is 35.2. The summed E-state index contributed by atoms with van der Waals surface area (Å²) in [5, 5.41) is 10.1. The van der Waals surface area contributed by atoms with Crippen molar-refractivity contribution < 1.29 is 38.3 Å². The Morgan fingerprint density at radius 3 is 2.37 bits per heavy atom. The van der Waals surface area contributed by atoms with E-state index in [1.807, 2.05) is 36.4 Å². The number of fused-ring (bicyclic) bond motifs is 1. The second-order valence-electron chi connectivity index (χ2n) is 12.2. The number of carbonyl (C=O) groups is 1. The number of carbonyl (C=O) groups excluding carboxylic acids is 1. The number of anilines is 1. The van der Waals surface area contributed by atoms with Crippen molar-refractivity contribution in [1.29, 1.82) is 0 Å². The Hall–Kier alpha value is -2.93. The van der Waals surface area contributed by atoms with Crippen LogP contribution in [0.4, 0.5) is 5.69 Å². The Morgan fingerprint density at radius 2 is 1.67 bits per heavy atom. The summed E-state index contributed by atoms with van der Waals surface area (Å²) in [6.07, 6.45) is 1.32. The summed E-state index contributed by atoms with van der Waals surface area (Å²) in [7, 11) is 3.42. The summed E-state index contributed by atoms with van der Waals surface area (Å²) in [6.45, 7) is 8.95. The quantitative estimate of drug-likeness (QED) is 0.234. The van der Waals surface area contributed by atoms with E-state index >= 15 is 0 Å². The molecule has 11 nitrogen and oxygen atoms in total. The van der Waals surface area contributed by atoms with Gasteiger partial charge in [0.1, 0.15) is 18.1 Å². The Balaban J connectivity index is 1.55. The molecule has 3 N–H and O–H groups in total. The highest BCUT2D eigenvalue weighted by molar-refractivity contribution is 5.81. The van der Waals surface area contributed by atoms with Crippen molar-refractivity contribution in [2.75, 3.05) is 78.3 Å². The first-order chi connectivity index (χ1) is 22.3. The molecule has 1 saturated heterocycles. The molecule has 0 aliphatic carbocycles. The molecule has 0 spiro atoms. The summed E-state index contributed by atoms with van der Waals surface area (Å²) in [6, 6.07) is 13.5. The van der Waals surface area contributed by atoms with E-state index in [0.29, 0.717) is 46.1 Å². The number of ether oxygens (including phenoxy) is 6. The molecule has 4 rings (SSSR count). The minimum absolute atomic E-state index is 0.139. The second-order valence-corrected chi connectivity index (χ2v) is 12.2. The average Bonchev–Trinajstić information content (AvgIpc) is 3.06. The van der Waals surface area contributed by atoms with Crippen LogP contribution in [0.5, 0.6) is 11.5 Å². The lowest BCUT2D eigenvalue weighted by Crippen LogP contribution is -2.57. The first-order valence-corrected chi connectivity index (χ1v) is 16.5. The van der Waals surface area contributed by atoms with Crippen LogP contribution in [0.2, 0.25) is 0 Å². The molecule has 2 aliphatic rings. The topological polar surface area (TPSA) is 125 Å². The summed E-state index contributed by atoms with van der Waals surface area (Å²) in [5.41, 5.74) is 9.11. The van der Waals surface area contributed by atoms with Crippen molar-refractivity contribution >= 4 is 11.6 Å². The van der Waals surface area contributed by atoms with Gasteiger partial charge in [-0.05, 0) is 68.5 Å². The smallest absolute Gasteiger partial charge is 0.239 e. The number of nitrogens with two attached hydrogens (primary N) is 1. The number of aliphatic hydroxyl groups is 1. The van der Waals surface area contributed by atoms with E-state index in [1.165, 1.54) is 0 Å². The molecule has 1 amide bonds. The Labute approximate surface area is 273 Å². The van der Waals surface area contributed by atoms with Crippen LogP contribution in [0.1, 0.15) is 50.2 Å². The monoisotopic (exact) mass is 643 g/mol. The van der Waals surface area contributed by atoms with Gasteiger partial charge in [-0.25, -0.2) is 0 Å². The van der Waals surface area contributed by atoms with E-state index in [-0.39, 0.29) is 24.5 Å². The fourth-order valence-electron chi connectivity index (χ4n) is 6.02. The highest BCUT2D eigenvalue weighted by Crippen LogP contribution is 2.36. The zero-order chi connectivity index (χ0) is 32.9. The lowest BCUT2D eigenvalue weighted by atomic mass is 9.84. The molecule has 11 heteroatoms. The van der Waals surface area contributed by atoms with Gasteiger partial charge in [-0.2, -0.15) is 0 Å². The maximum atomic E-state index is 13.1. The van der Waals surface area contributed by atoms with Crippen LogP contribution in [0, 0.1) is 0 Å². The van der Waals surface area contributed by atoms with Crippen LogP contribution in [-0.2, 0) is 30.3 Å². The third-order valence-corrected chi connectivity index (χ3v) is 8.35. The molecule has 5 atom stereocenters. The molecule has 2 aliphatic heterocycles. The second kappa shape index (κ2) is 18.4. The van der Waals surface area contributed by atoms with Crippen molar-refractivity contribution in [2.24, 2.45) is 5.73 Å². The predicted octanol–water partition coefficient (Wildman–Crippen LogP) is 3.35. The van der Waals surface area contributed by atoms with Gasteiger partial charge in [-0.15, -0.1) is 0 Å². The predicted molar refractivity (Wildman–Crippen MR) is 177 cm³/mol. The molecule has 0 aromatic heterocycles. The Kier molecular flexibility index (Phi) is 14.4. The molecule has 2 aromatic rings. The Bertz CT molecular complexity index is 1190. The van der Waals surface area contributed by atoms with Crippen molar-refractivity contribution in [3.8, 4) is 11.5 Å². The lowest BCUT2D eigenvalue weighted by molar-refractivity contribution is -0.148. The number of rotatable bonds is 18. The van der Waals surface area contributed by atoms with Crippen LogP contribution in [0.25, 0.3) is 0 Å². The molecule has 1 fully saturated rings. The van der Waals surface area contributed by atoms with E-state index in [1.54, 1.807) is 33.0 Å². The third-order valence-electron chi connectivity index (χ3n) is 8.35. The van der Waals surface area contributed by atoms with Gasteiger partial charge in [-0.3, -0.25) is 4.79 Å². The highest BCUT2D eigenvalue weighted by atomic mass is 16.5. The molecule has 0 bridgehead atoms. The zero-order valence-corrected chi connectivity index (χ0v) is 27.9. The minimum atomic E-state index is -0.655. The lowest BCUT2D eigenvalue weighted by Gasteiger charge is -2.44. The van der Waals surface area contributed by atoms with Crippen LogP contribution in [0.15, 0.2) is 42.5 Å². The number of benzene rings is 2. The molecular formula is C35H53N3O8. The van der Waals surface area contributed by atoms with Gasteiger partial charge in [0.05, 0.1) is 56.4 Å². The van der Waals surface area contributed by atoms with Gasteiger partial charge < -0.3 is 49.1 Å². The molecule has 2 heterocycles. The van der Waals surface area contributed by atoms with E-state index in [9.17, 15) is 9.90 Å². The third kappa shape index (κ3) is 10.3. The zero-order valence-electron chi connectivity index (χ0n) is 27.9. The van der Waals surface area contributed by atoms with Crippen LogP contribution in [-0.4, -0.2) is 114 Å². The number of likely N-dealkylation sites (tertiary alicyclic amines) is 1. The van der Waals surface area contributed by atoms with Gasteiger partial charge >= 0.3 is 0 Å². The fourth-order valence-corrected chi connectivity index (χ4v) is 6.02. The van der Waals surface area contributed by atoms with E-state index < -0.39 is 18.2 Å². The van der Waals surface area contributed by atoms with Crippen LogP contribution >= 0.6 is 0 Å². The maximum absolute atomic E-state index is 13.1. The van der Waals surface area contributed by atoms with Gasteiger partial charge in [-0.1, -0.05) is 18.2 Å². The van der Waals surface area contributed by atoms with Crippen molar-refractivity contribution in [2.45, 2.75) is 70.0 Å². The van der Waals surface area contributed by atoms with Crippen molar-refractivity contribution in [1.82, 2.24) is 4.90 Å². The van der Waals surface area contributed by atoms with Gasteiger partial charge in [0.25, 0.3) is 0 Å². The molecule has 256 valence electrons. The number of piperidine rings is 1. The number of unbranched alkanes of at least 4 members (excludes halogenated alkanes) is 1. The molecule has 46 heavy (non-hydrogen) atoms. The highest BCUT2D eigenvalue weighted by Gasteiger charge is 2.41. The number of methoxy groups -OCH3 is 2. The van der Waals surface area contributed by atoms with Gasteiger partial charge in [0, 0.05) is 53.0 Å². The number of hydrogen-bond donors (Lipinski definition) is 2. The largest absolute Gasteiger partial charge is 0.494 e. The van der Waals surface area contributed by atoms with Gasteiger partial charge in [0.15, 0.2) is 0 Å². The number of hydrogen-bond acceptors (Lipinski definition) is 10. The van der Waals surface area contributed by atoms with Crippen molar-refractivity contribution in [3.05, 3.63) is 53.6 Å². The average molecular weight is 644 g/mol. The summed E-state index contributed by atoms with van der Waals surface area (Å²) >= 11 is 0. The first kappa shape index (κ1) is 35.9. The molecular weight excluding hydrogens is 590 g/mol. The van der Waals surface area contributed by atoms with Crippen LogP contribution in [0.3, 0.4) is 0 Å². The molecule has 0 unspecified atom stereocenters. The van der Waals surface area contributed by atoms with Gasteiger partial charge in [0.2, 0.25) is 5.91 Å². The first-order valence-electron chi connectivity index (χ1n) is 16.5. The van der Waals surface area contributed by atoms with Crippen LogP contribution < -0.4 is 20.1 Å². The van der Waals surface area contributed by atoms with Crippen molar-refractivity contribution in [3.63, 3.8) is 0 Å². The minimum Gasteiger partial charge on any atom is -0.494 e. The van der Waals surface area contributed by atoms with E-state index in [2.05, 4.69) is 11.0 Å².